The molecule has 1 saturated heterocycles. The van der Waals surface area contributed by atoms with Gasteiger partial charge in [-0.1, -0.05) is 0 Å². The van der Waals surface area contributed by atoms with E-state index < -0.39 is 11.6 Å². The minimum atomic E-state index is -0.691. The predicted molar refractivity (Wildman–Crippen MR) is 83.7 cm³/mol. The first-order valence-electron chi connectivity index (χ1n) is 8.32. The number of nitrogens with zero attached hydrogens (tertiary/aromatic N) is 2. The number of benzene rings is 1. The summed E-state index contributed by atoms with van der Waals surface area (Å²) in [5.41, 5.74) is 0. The fraction of sp³-hybridized carbons (Fsp3) is 0.588. The molecule has 1 aliphatic carbocycles. The van der Waals surface area contributed by atoms with E-state index in [1.54, 1.807) is 4.90 Å². The molecule has 2 fully saturated rings. The molecule has 1 N–H and O–H groups in total. The predicted octanol–water partition coefficient (Wildman–Crippen LogP) is 1.40. The van der Waals surface area contributed by atoms with Crippen LogP contribution in [-0.4, -0.2) is 65.7 Å². The third-order valence-electron chi connectivity index (χ3n) is 4.82. The van der Waals surface area contributed by atoms with Gasteiger partial charge in [-0.05, 0) is 31.4 Å². The standard InChI is InChI=1S/C17H22F2N2O3/c18-12-4-5-13(19)16(10-12)24-11-17(23)21-8-6-20(7-9-21)14-2-1-3-15(14)22/h4-5,10,14-15,22H,1-3,6-9,11H2. The summed E-state index contributed by atoms with van der Waals surface area (Å²) < 4.78 is 31.7. The van der Waals surface area contributed by atoms with Crippen LogP contribution in [0.4, 0.5) is 8.78 Å². The average molecular weight is 340 g/mol. The van der Waals surface area contributed by atoms with Gasteiger partial charge in [-0.3, -0.25) is 9.69 Å². The number of carbonyl (C=O) groups is 1. The number of carbonyl (C=O) groups excluding carboxylic acids is 1. The topological polar surface area (TPSA) is 53.0 Å². The van der Waals surface area contributed by atoms with Gasteiger partial charge >= 0.3 is 0 Å². The van der Waals surface area contributed by atoms with Gasteiger partial charge in [-0.2, -0.15) is 0 Å². The zero-order valence-electron chi connectivity index (χ0n) is 13.5. The monoisotopic (exact) mass is 340 g/mol. The van der Waals surface area contributed by atoms with E-state index in [-0.39, 0.29) is 30.4 Å². The molecule has 132 valence electrons. The second kappa shape index (κ2) is 7.44. The zero-order chi connectivity index (χ0) is 17.1. The van der Waals surface area contributed by atoms with Gasteiger partial charge < -0.3 is 14.7 Å². The first kappa shape index (κ1) is 17.1. The number of ether oxygens (including phenoxy) is 1. The second-order valence-corrected chi connectivity index (χ2v) is 6.35. The molecule has 0 bridgehead atoms. The van der Waals surface area contributed by atoms with E-state index in [1.807, 2.05) is 0 Å². The van der Waals surface area contributed by atoms with Gasteiger partial charge in [-0.15, -0.1) is 0 Å². The Bertz CT molecular complexity index is 591. The third-order valence-corrected chi connectivity index (χ3v) is 4.82. The maximum atomic E-state index is 13.5. The number of amides is 1. The third kappa shape index (κ3) is 3.84. The molecule has 1 saturated carbocycles. The van der Waals surface area contributed by atoms with E-state index >= 15 is 0 Å². The van der Waals surface area contributed by atoms with Crippen molar-refractivity contribution in [1.82, 2.24) is 9.80 Å². The van der Waals surface area contributed by atoms with E-state index in [1.165, 1.54) is 0 Å². The smallest absolute Gasteiger partial charge is 0.260 e. The number of aliphatic hydroxyl groups is 1. The van der Waals surface area contributed by atoms with Crippen LogP contribution < -0.4 is 4.74 Å². The fourth-order valence-corrected chi connectivity index (χ4v) is 3.47. The summed E-state index contributed by atoms with van der Waals surface area (Å²) in [6, 6.07) is 3.10. The van der Waals surface area contributed by atoms with E-state index in [0.717, 1.165) is 37.5 Å². The highest BCUT2D eigenvalue weighted by atomic mass is 19.1. The van der Waals surface area contributed by atoms with Gasteiger partial charge in [-0.25, -0.2) is 8.78 Å². The van der Waals surface area contributed by atoms with Gasteiger partial charge in [0.1, 0.15) is 5.82 Å². The average Bonchev–Trinajstić information content (AvgIpc) is 3.01. The van der Waals surface area contributed by atoms with Crippen molar-refractivity contribution in [3.05, 3.63) is 29.8 Å². The molecule has 1 aromatic rings. The first-order chi connectivity index (χ1) is 11.5. The number of aliphatic hydroxyl groups excluding tert-OH is 1. The molecule has 3 rings (SSSR count). The Morgan fingerprint density at radius 3 is 2.62 bits per heavy atom. The molecule has 5 nitrogen and oxygen atoms in total. The molecule has 2 unspecified atom stereocenters. The number of halogens is 2. The van der Waals surface area contributed by atoms with Crippen LogP contribution in [0.1, 0.15) is 19.3 Å². The summed E-state index contributed by atoms with van der Waals surface area (Å²) in [6.45, 7) is 2.21. The maximum Gasteiger partial charge on any atom is 0.260 e. The van der Waals surface area contributed by atoms with Crippen molar-refractivity contribution in [2.75, 3.05) is 32.8 Å². The summed E-state index contributed by atoms with van der Waals surface area (Å²) in [6.07, 6.45) is 2.61. The zero-order valence-corrected chi connectivity index (χ0v) is 13.5. The largest absolute Gasteiger partial charge is 0.481 e. The Hall–Kier alpha value is -1.73. The minimum Gasteiger partial charge on any atom is -0.481 e. The Balaban J connectivity index is 1.47. The second-order valence-electron chi connectivity index (χ2n) is 6.35. The van der Waals surface area contributed by atoms with Gasteiger partial charge in [0.15, 0.2) is 18.2 Å². The molecule has 1 aromatic carbocycles. The summed E-state index contributed by atoms with van der Waals surface area (Å²) >= 11 is 0. The summed E-state index contributed by atoms with van der Waals surface area (Å²) in [7, 11) is 0. The van der Waals surface area contributed by atoms with Gasteiger partial charge in [0.2, 0.25) is 0 Å². The Morgan fingerprint density at radius 2 is 1.96 bits per heavy atom. The summed E-state index contributed by atoms with van der Waals surface area (Å²) in [5.74, 6) is -1.80. The summed E-state index contributed by atoms with van der Waals surface area (Å²) in [5, 5.41) is 9.97. The molecule has 0 radical (unpaired) electrons. The highest BCUT2D eigenvalue weighted by Gasteiger charge is 2.33. The lowest BCUT2D eigenvalue weighted by atomic mass is 10.1. The van der Waals surface area contributed by atoms with Gasteiger partial charge in [0.05, 0.1) is 6.10 Å². The van der Waals surface area contributed by atoms with Crippen LogP contribution >= 0.6 is 0 Å². The Labute approximate surface area is 139 Å². The fourth-order valence-electron chi connectivity index (χ4n) is 3.47. The molecule has 24 heavy (non-hydrogen) atoms. The SMILES string of the molecule is O=C(COc1cc(F)ccc1F)N1CCN(C2CCCC2O)CC1. The Morgan fingerprint density at radius 1 is 1.21 bits per heavy atom. The van der Waals surface area contributed by atoms with Crippen molar-refractivity contribution in [2.45, 2.75) is 31.4 Å². The highest BCUT2D eigenvalue weighted by molar-refractivity contribution is 5.77. The van der Waals surface area contributed by atoms with Crippen LogP contribution in [0.15, 0.2) is 18.2 Å². The van der Waals surface area contributed by atoms with Crippen LogP contribution in [0.5, 0.6) is 5.75 Å². The Kier molecular flexibility index (Phi) is 5.30. The van der Waals surface area contributed by atoms with Crippen molar-refractivity contribution in [3.63, 3.8) is 0 Å². The molecule has 1 heterocycles. The van der Waals surface area contributed by atoms with Crippen LogP contribution in [0.25, 0.3) is 0 Å². The molecule has 1 amide bonds. The number of hydrogen-bond acceptors (Lipinski definition) is 4. The van der Waals surface area contributed by atoms with Crippen LogP contribution in [0.3, 0.4) is 0 Å². The maximum absolute atomic E-state index is 13.5. The molecule has 0 spiro atoms. The van der Waals surface area contributed by atoms with Gasteiger partial charge in [0, 0.05) is 38.3 Å². The van der Waals surface area contributed by atoms with E-state index in [2.05, 4.69) is 4.90 Å². The van der Waals surface area contributed by atoms with Crippen molar-refractivity contribution in [2.24, 2.45) is 0 Å². The van der Waals surface area contributed by atoms with Crippen LogP contribution in [0.2, 0.25) is 0 Å². The van der Waals surface area contributed by atoms with Crippen molar-refractivity contribution >= 4 is 5.91 Å². The normalized spacial score (nSPS) is 25.0. The lowest BCUT2D eigenvalue weighted by Crippen LogP contribution is -2.54. The molecular weight excluding hydrogens is 318 g/mol. The van der Waals surface area contributed by atoms with E-state index in [9.17, 15) is 18.7 Å². The highest BCUT2D eigenvalue weighted by Crippen LogP contribution is 2.25. The lowest BCUT2D eigenvalue weighted by Gasteiger charge is -2.39. The van der Waals surface area contributed by atoms with Crippen molar-refractivity contribution in [3.8, 4) is 5.75 Å². The van der Waals surface area contributed by atoms with E-state index in [4.69, 9.17) is 4.74 Å². The number of hydrogen-bond donors (Lipinski definition) is 1. The van der Waals surface area contributed by atoms with E-state index in [0.29, 0.717) is 26.2 Å². The molecule has 2 aliphatic rings. The first-order valence-corrected chi connectivity index (χ1v) is 8.32. The molecule has 2 atom stereocenters. The molecule has 0 aromatic heterocycles. The molecule has 7 heteroatoms. The van der Waals surface area contributed by atoms with Gasteiger partial charge in [0.25, 0.3) is 5.91 Å². The van der Waals surface area contributed by atoms with Crippen molar-refractivity contribution in [1.29, 1.82) is 0 Å². The molecular formula is C17H22F2N2O3. The minimum absolute atomic E-state index is 0.194. The molecule has 1 aliphatic heterocycles. The number of piperazine rings is 1. The summed E-state index contributed by atoms with van der Waals surface area (Å²) in [4.78, 5) is 16.1. The lowest BCUT2D eigenvalue weighted by molar-refractivity contribution is -0.135. The van der Waals surface area contributed by atoms with Crippen molar-refractivity contribution < 1.29 is 23.4 Å². The van der Waals surface area contributed by atoms with Crippen LogP contribution in [0, 0.1) is 11.6 Å². The van der Waals surface area contributed by atoms with Crippen LogP contribution in [-0.2, 0) is 4.79 Å². The number of rotatable bonds is 4. The quantitative estimate of drug-likeness (QED) is 0.900.